The van der Waals surface area contributed by atoms with Gasteiger partial charge in [-0.2, -0.15) is 0 Å². The molecular formula is C21H13Cl2F2NO2. The molecule has 0 atom stereocenters. The van der Waals surface area contributed by atoms with E-state index < -0.39 is 11.6 Å². The van der Waals surface area contributed by atoms with Crippen molar-refractivity contribution in [2.24, 2.45) is 0 Å². The third-order valence-electron chi connectivity index (χ3n) is 4.67. The van der Waals surface area contributed by atoms with Crippen molar-refractivity contribution in [3.8, 4) is 16.9 Å². The number of phenolic OH excluding ortho intramolecular Hbond substituents is 1. The fourth-order valence-electron chi connectivity index (χ4n) is 3.48. The molecule has 0 bridgehead atoms. The maximum absolute atomic E-state index is 14.4. The lowest BCUT2D eigenvalue weighted by Crippen LogP contribution is -2.31. The zero-order valence-corrected chi connectivity index (χ0v) is 15.9. The van der Waals surface area contributed by atoms with Crippen LogP contribution < -0.4 is 4.90 Å². The minimum atomic E-state index is -0.757. The van der Waals surface area contributed by atoms with Crippen LogP contribution in [0.3, 0.4) is 0 Å². The molecule has 0 saturated carbocycles. The Morgan fingerprint density at radius 3 is 2.32 bits per heavy atom. The lowest BCUT2D eigenvalue weighted by Gasteiger charge is -2.32. The summed E-state index contributed by atoms with van der Waals surface area (Å²) in [7, 11) is 0. The third-order valence-corrected chi connectivity index (χ3v) is 5.28. The van der Waals surface area contributed by atoms with Gasteiger partial charge >= 0.3 is 0 Å². The lowest BCUT2D eigenvalue weighted by atomic mass is 9.91. The molecule has 0 saturated heterocycles. The summed E-state index contributed by atoms with van der Waals surface area (Å²) in [5.41, 5.74) is 1.82. The van der Waals surface area contributed by atoms with E-state index in [1.165, 1.54) is 23.1 Å². The fourth-order valence-corrected chi connectivity index (χ4v) is 4.04. The summed E-state index contributed by atoms with van der Waals surface area (Å²) in [6, 6.07) is 10.9. The molecule has 1 heterocycles. The van der Waals surface area contributed by atoms with E-state index in [1.807, 2.05) is 0 Å². The van der Waals surface area contributed by atoms with Crippen LogP contribution in [0.15, 0.2) is 48.5 Å². The predicted molar refractivity (Wildman–Crippen MR) is 105 cm³/mol. The summed E-state index contributed by atoms with van der Waals surface area (Å²) in [4.78, 5) is 14.1. The maximum atomic E-state index is 14.4. The number of phenols is 1. The van der Waals surface area contributed by atoms with Crippen molar-refractivity contribution in [2.45, 2.75) is 12.8 Å². The van der Waals surface area contributed by atoms with Crippen LogP contribution in [0.5, 0.6) is 5.75 Å². The quantitative estimate of drug-likeness (QED) is 0.532. The van der Waals surface area contributed by atoms with Crippen LogP contribution >= 0.6 is 23.2 Å². The Morgan fingerprint density at radius 1 is 0.929 bits per heavy atom. The van der Waals surface area contributed by atoms with Gasteiger partial charge in [-0.05, 0) is 47.9 Å². The average Bonchev–Trinajstić information content (AvgIpc) is 2.62. The number of carbonyl (C=O) groups is 1. The topological polar surface area (TPSA) is 40.5 Å². The van der Waals surface area contributed by atoms with Crippen molar-refractivity contribution in [2.75, 3.05) is 4.90 Å². The summed E-state index contributed by atoms with van der Waals surface area (Å²) < 4.78 is 27.8. The smallest absolute Gasteiger partial charge is 0.231 e. The molecule has 0 radical (unpaired) electrons. The average molecular weight is 420 g/mol. The molecule has 4 rings (SSSR count). The SMILES string of the molecule is O=C1CCc2c(-c3ccc(F)cc3F)cc(O)cc2N1c1c(Cl)cccc1Cl. The molecule has 7 heteroatoms. The van der Waals surface area contributed by atoms with E-state index in [0.717, 1.165) is 12.1 Å². The Bertz CT molecular complexity index is 1100. The van der Waals surface area contributed by atoms with Gasteiger partial charge in [0.05, 0.1) is 21.4 Å². The molecule has 0 aromatic heterocycles. The molecule has 1 N–H and O–H groups in total. The minimum Gasteiger partial charge on any atom is -0.508 e. The molecular weight excluding hydrogens is 407 g/mol. The summed E-state index contributed by atoms with van der Waals surface area (Å²) >= 11 is 12.6. The largest absolute Gasteiger partial charge is 0.508 e. The molecule has 142 valence electrons. The summed E-state index contributed by atoms with van der Waals surface area (Å²) in [5, 5.41) is 10.8. The highest BCUT2D eigenvalue weighted by Gasteiger charge is 2.31. The second-order valence-corrected chi connectivity index (χ2v) is 7.23. The molecule has 0 spiro atoms. The molecule has 0 fully saturated rings. The van der Waals surface area contributed by atoms with Gasteiger partial charge in [-0.15, -0.1) is 0 Å². The van der Waals surface area contributed by atoms with E-state index in [-0.39, 0.29) is 33.7 Å². The number of fused-ring (bicyclic) bond motifs is 1. The van der Waals surface area contributed by atoms with Crippen molar-refractivity contribution in [1.82, 2.24) is 0 Å². The van der Waals surface area contributed by atoms with Gasteiger partial charge in [0.15, 0.2) is 0 Å². The number of anilines is 2. The van der Waals surface area contributed by atoms with Gasteiger partial charge in [-0.25, -0.2) is 8.78 Å². The number of nitrogens with zero attached hydrogens (tertiary/aromatic N) is 1. The van der Waals surface area contributed by atoms with Crippen LogP contribution in [0.25, 0.3) is 11.1 Å². The van der Waals surface area contributed by atoms with Crippen molar-refractivity contribution in [3.63, 3.8) is 0 Å². The van der Waals surface area contributed by atoms with Gasteiger partial charge in [0.25, 0.3) is 0 Å². The monoisotopic (exact) mass is 419 g/mol. The lowest BCUT2D eigenvalue weighted by molar-refractivity contribution is -0.118. The molecule has 0 unspecified atom stereocenters. The first-order valence-corrected chi connectivity index (χ1v) is 9.20. The second-order valence-electron chi connectivity index (χ2n) is 6.41. The first kappa shape index (κ1) is 18.7. The summed E-state index contributed by atoms with van der Waals surface area (Å²) in [6.07, 6.45) is 0.480. The van der Waals surface area contributed by atoms with Crippen molar-refractivity contribution < 1.29 is 18.7 Å². The number of aromatic hydroxyl groups is 1. The number of amides is 1. The number of carbonyl (C=O) groups excluding carboxylic acids is 1. The van der Waals surface area contributed by atoms with Gasteiger partial charge in [0.1, 0.15) is 17.4 Å². The third kappa shape index (κ3) is 3.11. The summed E-state index contributed by atoms with van der Waals surface area (Å²) in [5.74, 6) is -1.87. The highest BCUT2D eigenvalue weighted by molar-refractivity contribution is 6.40. The molecule has 3 aromatic carbocycles. The van der Waals surface area contributed by atoms with Crippen LogP contribution in [0.1, 0.15) is 12.0 Å². The zero-order chi connectivity index (χ0) is 20.0. The number of halogens is 4. The van der Waals surface area contributed by atoms with Gasteiger partial charge in [0, 0.05) is 24.1 Å². The van der Waals surface area contributed by atoms with Gasteiger partial charge in [0.2, 0.25) is 5.91 Å². The van der Waals surface area contributed by atoms with Gasteiger partial charge in [-0.3, -0.25) is 9.69 Å². The van der Waals surface area contributed by atoms with Crippen LogP contribution in [-0.2, 0) is 11.2 Å². The van der Waals surface area contributed by atoms with E-state index in [0.29, 0.717) is 28.9 Å². The molecule has 3 nitrogen and oxygen atoms in total. The Hall–Kier alpha value is -2.63. The molecule has 1 aliphatic rings. The highest BCUT2D eigenvalue weighted by Crippen LogP contribution is 2.46. The van der Waals surface area contributed by atoms with Crippen LogP contribution in [0.4, 0.5) is 20.2 Å². The van der Waals surface area contributed by atoms with E-state index >= 15 is 0 Å². The number of para-hydroxylation sites is 1. The van der Waals surface area contributed by atoms with E-state index in [9.17, 15) is 18.7 Å². The normalized spacial score (nSPS) is 13.6. The standard InChI is InChI=1S/C21H13Cl2F2NO2/c22-16-2-1-3-17(23)21(16)26-19-10-12(27)9-15(14(19)6-7-20(26)28)13-5-4-11(24)8-18(13)25/h1-5,8-10,27H,6-7H2. The molecule has 3 aromatic rings. The van der Waals surface area contributed by atoms with Crippen LogP contribution in [-0.4, -0.2) is 11.0 Å². The number of benzene rings is 3. The predicted octanol–water partition coefficient (Wildman–Crippen LogP) is 6.26. The highest BCUT2D eigenvalue weighted by atomic mass is 35.5. The maximum Gasteiger partial charge on any atom is 0.231 e. The van der Waals surface area contributed by atoms with E-state index in [4.69, 9.17) is 23.2 Å². The Labute approximate surface area is 169 Å². The van der Waals surface area contributed by atoms with Gasteiger partial charge < -0.3 is 5.11 Å². The first-order chi connectivity index (χ1) is 13.4. The van der Waals surface area contributed by atoms with Crippen molar-refractivity contribution in [3.05, 3.63) is 75.8 Å². The minimum absolute atomic E-state index is 0.133. The van der Waals surface area contributed by atoms with Gasteiger partial charge in [-0.1, -0.05) is 29.3 Å². The van der Waals surface area contributed by atoms with Crippen LogP contribution in [0.2, 0.25) is 10.0 Å². The Morgan fingerprint density at radius 2 is 1.64 bits per heavy atom. The van der Waals surface area contributed by atoms with Crippen molar-refractivity contribution >= 4 is 40.5 Å². The van der Waals surface area contributed by atoms with Crippen molar-refractivity contribution in [1.29, 1.82) is 0 Å². The first-order valence-electron chi connectivity index (χ1n) is 8.45. The number of rotatable bonds is 2. The molecule has 1 aliphatic heterocycles. The molecule has 0 aliphatic carbocycles. The molecule has 1 amide bonds. The zero-order valence-electron chi connectivity index (χ0n) is 14.3. The summed E-state index contributed by atoms with van der Waals surface area (Å²) in [6.45, 7) is 0. The Balaban J connectivity index is 1.98. The number of hydrogen-bond acceptors (Lipinski definition) is 2. The number of hydrogen-bond donors (Lipinski definition) is 1. The van der Waals surface area contributed by atoms with E-state index in [1.54, 1.807) is 18.2 Å². The van der Waals surface area contributed by atoms with Crippen LogP contribution in [0, 0.1) is 11.6 Å². The second kappa shape index (κ2) is 7.08. The fraction of sp³-hybridized carbons (Fsp3) is 0.0952. The van der Waals surface area contributed by atoms with E-state index in [2.05, 4.69) is 0 Å². The Kier molecular flexibility index (Phi) is 4.73. The molecule has 28 heavy (non-hydrogen) atoms.